The summed E-state index contributed by atoms with van der Waals surface area (Å²) in [6.07, 6.45) is 3.12. The van der Waals surface area contributed by atoms with Crippen molar-refractivity contribution in [3.8, 4) is 0 Å². The van der Waals surface area contributed by atoms with Gasteiger partial charge in [0.2, 0.25) is 0 Å². The SMILES string of the molecule is CC(C)(C)OC(=O)NC1CCC(Nc2cc(C(=O)O)ccc2Br)CC1. The minimum Gasteiger partial charge on any atom is -0.478 e. The smallest absolute Gasteiger partial charge is 0.407 e. The standard InChI is InChI=1S/C18H25BrN2O4/c1-18(2,3)25-17(24)21-13-7-5-12(6-8-13)20-15-10-11(16(22)23)4-9-14(15)19/h4,9-10,12-13,20H,5-8H2,1-3H3,(H,21,24)(H,22,23). The molecule has 0 radical (unpaired) electrons. The molecule has 1 saturated carbocycles. The van der Waals surface area contributed by atoms with Crippen molar-refractivity contribution in [3.63, 3.8) is 0 Å². The van der Waals surface area contributed by atoms with E-state index in [1.165, 1.54) is 0 Å². The maximum atomic E-state index is 11.8. The zero-order valence-corrected chi connectivity index (χ0v) is 16.4. The lowest BCUT2D eigenvalue weighted by atomic mass is 9.91. The second kappa shape index (κ2) is 8.08. The van der Waals surface area contributed by atoms with Gasteiger partial charge in [-0.2, -0.15) is 0 Å². The molecule has 0 atom stereocenters. The Morgan fingerprint density at radius 1 is 1.16 bits per heavy atom. The van der Waals surface area contributed by atoms with E-state index in [1.807, 2.05) is 20.8 Å². The first kappa shape index (κ1) is 19.6. The third kappa shape index (κ3) is 6.23. The number of carbonyl (C=O) groups is 2. The van der Waals surface area contributed by atoms with Gasteiger partial charge >= 0.3 is 12.1 Å². The van der Waals surface area contributed by atoms with Crippen LogP contribution < -0.4 is 10.6 Å². The number of ether oxygens (including phenoxy) is 1. The lowest BCUT2D eigenvalue weighted by Crippen LogP contribution is -2.42. The Morgan fingerprint density at radius 3 is 2.32 bits per heavy atom. The van der Waals surface area contributed by atoms with Crippen molar-refractivity contribution in [1.82, 2.24) is 5.32 Å². The van der Waals surface area contributed by atoms with Crippen LogP contribution in [0.5, 0.6) is 0 Å². The molecule has 0 bridgehead atoms. The largest absolute Gasteiger partial charge is 0.478 e. The lowest BCUT2D eigenvalue weighted by molar-refractivity contribution is 0.0491. The van der Waals surface area contributed by atoms with Gasteiger partial charge in [-0.1, -0.05) is 0 Å². The molecule has 1 aromatic rings. The summed E-state index contributed by atoms with van der Waals surface area (Å²) in [5.74, 6) is -0.944. The van der Waals surface area contributed by atoms with Gasteiger partial charge in [-0.25, -0.2) is 9.59 Å². The molecule has 6 nitrogen and oxygen atoms in total. The Balaban J connectivity index is 1.86. The number of anilines is 1. The van der Waals surface area contributed by atoms with Crippen LogP contribution in [0, 0.1) is 0 Å². The molecule has 2 rings (SSSR count). The summed E-state index contributed by atoms with van der Waals surface area (Å²) in [6, 6.07) is 5.30. The summed E-state index contributed by atoms with van der Waals surface area (Å²) >= 11 is 3.45. The molecular formula is C18H25BrN2O4. The highest BCUT2D eigenvalue weighted by Gasteiger charge is 2.25. The van der Waals surface area contributed by atoms with Crippen LogP contribution in [0.1, 0.15) is 56.8 Å². The summed E-state index contributed by atoms with van der Waals surface area (Å²) in [5.41, 5.74) is 0.541. The third-order valence-corrected chi connectivity index (χ3v) is 4.71. The molecule has 0 saturated heterocycles. The Kier molecular flexibility index (Phi) is 6.32. The molecule has 7 heteroatoms. The number of carbonyl (C=O) groups excluding carboxylic acids is 1. The number of hydrogen-bond acceptors (Lipinski definition) is 4. The van der Waals surface area contributed by atoms with Gasteiger partial charge in [0.25, 0.3) is 0 Å². The van der Waals surface area contributed by atoms with E-state index in [4.69, 9.17) is 9.84 Å². The molecule has 3 N–H and O–H groups in total. The highest BCUT2D eigenvalue weighted by Crippen LogP contribution is 2.28. The fraction of sp³-hybridized carbons (Fsp3) is 0.556. The van der Waals surface area contributed by atoms with Crippen molar-refractivity contribution in [1.29, 1.82) is 0 Å². The summed E-state index contributed by atoms with van der Waals surface area (Å²) in [7, 11) is 0. The minimum absolute atomic E-state index is 0.113. The van der Waals surface area contributed by atoms with Gasteiger partial charge in [-0.15, -0.1) is 0 Å². The van der Waals surface area contributed by atoms with Crippen LogP contribution in [0.15, 0.2) is 22.7 Å². The Bertz CT molecular complexity index is 634. The summed E-state index contributed by atoms with van der Waals surface area (Å²) in [5, 5.41) is 15.4. The number of carboxylic acids is 1. The average molecular weight is 413 g/mol. The molecule has 25 heavy (non-hydrogen) atoms. The number of aromatic carboxylic acids is 1. The first-order valence-corrected chi connectivity index (χ1v) is 9.22. The van der Waals surface area contributed by atoms with Crippen molar-refractivity contribution in [2.75, 3.05) is 5.32 Å². The first-order valence-electron chi connectivity index (χ1n) is 8.43. The van der Waals surface area contributed by atoms with Gasteiger partial charge in [0, 0.05) is 22.2 Å². The van der Waals surface area contributed by atoms with Crippen molar-refractivity contribution >= 4 is 33.7 Å². The molecular weight excluding hydrogens is 388 g/mol. The van der Waals surface area contributed by atoms with Crippen LogP contribution in [-0.4, -0.2) is 34.9 Å². The fourth-order valence-corrected chi connectivity index (χ4v) is 3.21. The summed E-state index contributed by atoms with van der Waals surface area (Å²) in [4.78, 5) is 22.9. The number of rotatable bonds is 4. The van der Waals surface area contributed by atoms with Crippen LogP contribution in [0.3, 0.4) is 0 Å². The molecule has 1 aliphatic carbocycles. The zero-order chi connectivity index (χ0) is 18.6. The van der Waals surface area contributed by atoms with Crippen LogP contribution in [0.25, 0.3) is 0 Å². The molecule has 0 spiro atoms. The molecule has 1 aromatic carbocycles. The fourth-order valence-electron chi connectivity index (χ4n) is 2.85. The lowest BCUT2D eigenvalue weighted by Gasteiger charge is -2.31. The van der Waals surface area contributed by atoms with Gasteiger partial charge < -0.3 is 20.5 Å². The Labute approximate surface area is 156 Å². The van der Waals surface area contributed by atoms with Gasteiger partial charge in [0.05, 0.1) is 5.56 Å². The van der Waals surface area contributed by atoms with Crippen LogP contribution >= 0.6 is 15.9 Å². The van der Waals surface area contributed by atoms with E-state index in [-0.39, 0.29) is 23.7 Å². The molecule has 0 unspecified atom stereocenters. The molecule has 1 aliphatic rings. The van der Waals surface area contributed by atoms with Gasteiger partial charge in [-0.3, -0.25) is 0 Å². The number of nitrogens with one attached hydrogen (secondary N) is 2. The molecule has 0 aliphatic heterocycles. The molecule has 138 valence electrons. The van der Waals surface area contributed by atoms with Gasteiger partial charge in [0.15, 0.2) is 0 Å². The third-order valence-electron chi connectivity index (χ3n) is 4.02. The predicted octanol–water partition coefficient (Wildman–Crippen LogP) is 4.40. The minimum atomic E-state index is -0.944. The number of halogens is 1. The molecule has 1 amide bonds. The number of amides is 1. The summed E-state index contributed by atoms with van der Waals surface area (Å²) < 4.78 is 6.13. The van der Waals surface area contributed by atoms with E-state index in [1.54, 1.807) is 18.2 Å². The normalized spacial score (nSPS) is 20.6. The van der Waals surface area contributed by atoms with E-state index < -0.39 is 11.6 Å². The second-order valence-corrected chi connectivity index (χ2v) is 8.19. The number of carboxylic acid groups (broad SMARTS) is 1. The first-order chi connectivity index (χ1) is 11.6. The van der Waals surface area contributed by atoms with Crippen molar-refractivity contribution < 1.29 is 19.4 Å². The van der Waals surface area contributed by atoms with Crippen molar-refractivity contribution in [2.24, 2.45) is 0 Å². The maximum Gasteiger partial charge on any atom is 0.407 e. The van der Waals surface area contributed by atoms with Crippen molar-refractivity contribution in [3.05, 3.63) is 28.2 Å². The molecule has 0 aromatic heterocycles. The van der Waals surface area contributed by atoms with Gasteiger partial charge in [-0.05, 0) is 80.6 Å². The number of benzene rings is 1. The van der Waals surface area contributed by atoms with Crippen LogP contribution in [-0.2, 0) is 4.74 Å². The van der Waals surface area contributed by atoms with E-state index >= 15 is 0 Å². The topological polar surface area (TPSA) is 87.7 Å². The highest BCUT2D eigenvalue weighted by molar-refractivity contribution is 9.10. The van der Waals surface area contributed by atoms with E-state index in [9.17, 15) is 9.59 Å². The van der Waals surface area contributed by atoms with Gasteiger partial charge in [0.1, 0.15) is 5.60 Å². The quantitative estimate of drug-likeness (QED) is 0.681. The van der Waals surface area contributed by atoms with Crippen LogP contribution in [0.2, 0.25) is 0 Å². The van der Waals surface area contributed by atoms with E-state index in [0.29, 0.717) is 0 Å². The van der Waals surface area contributed by atoms with Crippen LogP contribution in [0.4, 0.5) is 10.5 Å². The molecule has 0 heterocycles. The average Bonchev–Trinajstić information content (AvgIpc) is 2.49. The zero-order valence-electron chi connectivity index (χ0n) is 14.8. The maximum absolute atomic E-state index is 11.8. The monoisotopic (exact) mass is 412 g/mol. The second-order valence-electron chi connectivity index (χ2n) is 7.34. The number of alkyl carbamates (subject to hydrolysis) is 1. The summed E-state index contributed by atoms with van der Waals surface area (Å²) in [6.45, 7) is 5.53. The highest BCUT2D eigenvalue weighted by atomic mass is 79.9. The predicted molar refractivity (Wildman–Crippen MR) is 100 cm³/mol. The Morgan fingerprint density at radius 2 is 1.76 bits per heavy atom. The Hall–Kier alpha value is -1.76. The number of hydrogen-bond donors (Lipinski definition) is 3. The molecule has 1 fully saturated rings. The van der Waals surface area contributed by atoms with E-state index in [2.05, 4.69) is 26.6 Å². The van der Waals surface area contributed by atoms with E-state index in [0.717, 1.165) is 35.8 Å². The van der Waals surface area contributed by atoms with Crippen molar-refractivity contribution in [2.45, 2.75) is 64.1 Å².